The summed E-state index contributed by atoms with van der Waals surface area (Å²) in [5, 5.41) is 0. The van der Waals surface area contributed by atoms with E-state index in [4.69, 9.17) is 4.74 Å². The molecular formula is C14H25NO2. The highest BCUT2D eigenvalue weighted by Crippen LogP contribution is 2.29. The van der Waals surface area contributed by atoms with Gasteiger partial charge in [0.25, 0.3) is 0 Å². The topological polar surface area (TPSA) is 29.5 Å². The van der Waals surface area contributed by atoms with E-state index in [0.29, 0.717) is 0 Å². The van der Waals surface area contributed by atoms with Crippen molar-refractivity contribution in [3.63, 3.8) is 0 Å². The van der Waals surface area contributed by atoms with E-state index in [1.54, 1.807) is 0 Å². The predicted molar refractivity (Wildman–Crippen MR) is 69.9 cm³/mol. The first-order chi connectivity index (χ1) is 7.61. The minimum Gasteiger partial charge on any atom is -0.444 e. The van der Waals surface area contributed by atoms with Crippen molar-refractivity contribution in [3.05, 3.63) is 12.2 Å². The highest BCUT2D eigenvalue weighted by atomic mass is 16.6. The fourth-order valence-corrected chi connectivity index (χ4v) is 1.96. The monoisotopic (exact) mass is 239 g/mol. The second kappa shape index (κ2) is 4.71. The molecule has 17 heavy (non-hydrogen) atoms. The molecule has 0 spiro atoms. The number of carbonyl (C=O) groups is 1. The van der Waals surface area contributed by atoms with Gasteiger partial charge in [-0.1, -0.05) is 32.9 Å². The molecule has 0 N–H and O–H groups in total. The smallest absolute Gasteiger partial charge is 0.410 e. The van der Waals surface area contributed by atoms with Crippen molar-refractivity contribution in [1.82, 2.24) is 4.90 Å². The third-order valence-electron chi connectivity index (χ3n) is 2.71. The zero-order valence-corrected chi connectivity index (χ0v) is 11.9. The van der Waals surface area contributed by atoms with Gasteiger partial charge in [-0.25, -0.2) is 4.79 Å². The molecule has 0 fully saturated rings. The first-order valence-corrected chi connectivity index (χ1v) is 6.27. The standard InChI is InChI=1S/C14H25NO2/c1-13(2,3)11-9-7-8-10-15(11)12(16)17-14(4,5)6/h7,9,11H,8,10H2,1-6H3. The third kappa shape index (κ3) is 4.06. The van der Waals surface area contributed by atoms with Crippen LogP contribution in [0.4, 0.5) is 4.79 Å². The van der Waals surface area contributed by atoms with Gasteiger partial charge >= 0.3 is 6.09 Å². The first kappa shape index (κ1) is 14.1. The number of ether oxygens (including phenoxy) is 1. The van der Waals surface area contributed by atoms with E-state index in [1.165, 1.54) is 0 Å². The molecule has 0 aromatic carbocycles. The van der Waals surface area contributed by atoms with Crippen LogP contribution < -0.4 is 0 Å². The molecular weight excluding hydrogens is 214 g/mol. The summed E-state index contributed by atoms with van der Waals surface area (Å²) in [7, 11) is 0. The van der Waals surface area contributed by atoms with Crippen LogP contribution in [0.1, 0.15) is 48.0 Å². The Morgan fingerprint density at radius 1 is 1.24 bits per heavy atom. The molecule has 1 aliphatic rings. The van der Waals surface area contributed by atoms with Crippen LogP contribution in [0.5, 0.6) is 0 Å². The van der Waals surface area contributed by atoms with Gasteiger partial charge in [-0.15, -0.1) is 0 Å². The molecule has 0 bridgehead atoms. The number of hydrogen-bond acceptors (Lipinski definition) is 2. The molecule has 1 rings (SSSR count). The Kier molecular flexibility index (Phi) is 3.90. The van der Waals surface area contributed by atoms with Gasteiger partial charge in [-0.2, -0.15) is 0 Å². The molecule has 0 saturated carbocycles. The van der Waals surface area contributed by atoms with Crippen LogP contribution in [0.3, 0.4) is 0 Å². The third-order valence-corrected chi connectivity index (χ3v) is 2.71. The number of carbonyl (C=O) groups excluding carboxylic acids is 1. The van der Waals surface area contributed by atoms with Crippen LogP contribution in [0.15, 0.2) is 12.2 Å². The van der Waals surface area contributed by atoms with E-state index < -0.39 is 5.60 Å². The second-order valence-electron chi connectivity index (χ2n) is 6.70. The number of nitrogens with zero attached hydrogens (tertiary/aromatic N) is 1. The Bertz CT molecular complexity index is 307. The summed E-state index contributed by atoms with van der Waals surface area (Å²) < 4.78 is 5.46. The molecule has 3 heteroatoms. The summed E-state index contributed by atoms with van der Waals surface area (Å²) in [6.07, 6.45) is 4.97. The zero-order valence-electron chi connectivity index (χ0n) is 11.9. The fourth-order valence-electron chi connectivity index (χ4n) is 1.96. The largest absolute Gasteiger partial charge is 0.444 e. The maximum absolute atomic E-state index is 12.1. The minimum absolute atomic E-state index is 0.0355. The second-order valence-corrected chi connectivity index (χ2v) is 6.70. The molecule has 1 heterocycles. The van der Waals surface area contributed by atoms with E-state index in [2.05, 4.69) is 32.9 Å². The lowest BCUT2D eigenvalue weighted by atomic mass is 9.84. The van der Waals surface area contributed by atoms with E-state index in [-0.39, 0.29) is 17.6 Å². The van der Waals surface area contributed by atoms with Crippen LogP contribution >= 0.6 is 0 Å². The lowest BCUT2D eigenvalue weighted by molar-refractivity contribution is 0.00847. The summed E-state index contributed by atoms with van der Waals surface area (Å²) in [6.45, 7) is 12.9. The van der Waals surface area contributed by atoms with Crippen molar-refractivity contribution in [2.75, 3.05) is 6.54 Å². The molecule has 1 amide bonds. The van der Waals surface area contributed by atoms with E-state index in [1.807, 2.05) is 25.7 Å². The Balaban J connectivity index is 2.81. The average Bonchev–Trinajstić information content (AvgIpc) is 2.13. The van der Waals surface area contributed by atoms with Gasteiger partial charge < -0.3 is 9.64 Å². The molecule has 0 saturated heterocycles. The van der Waals surface area contributed by atoms with Crippen LogP contribution in [-0.2, 0) is 4.74 Å². The van der Waals surface area contributed by atoms with Gasteiger partial charge in [-0.05, 0) is 32.6 Å². The average molecular weight is 239 g/mol. The van der Waals surface area contributed by atoms with Crippen molar-refractivity contribution < 1.29 is 9.53 Å². The molecule has 0 aromatic rings. The zero-order chi connectivity index (χ0) is 13.3. The first-order valence-electron chi connectivity index (χ1n) is 6.27. The molecule has 98 valence electrons. The summed E-state index contributed by atoms with van der Waals surface area (Å²) in [5.41, 5.74) is -0.394. The Labute approximate surface area is 105 Å². The number of amides is 1. The Morgan fingerprint density at radius 3 is 2.29 bits per heavy atom. The molecule has 0 aromatic heterocycles. The van der Waals surface area contributed by atoms with E-state index in [9.17, 15) is 4.79 Å². The van der Waals surface area contributed by atoms with Crippen LogP contribution in [0.25, 0.3) is 0 Å². The molecule has 3 nitrogen and oxygen atoms in total. The van der Waals surface area contributed by atoms with Gasteiger partial charge in [0.05, 0.1) is 6.04 Å². The summed E-state index contributed by atoms with van der Waals surface area (Å²) in [4.78, 5) is 14.0. The van der Waals surface area contributed by atoms with Crippen molar-refractivity contribution in [2.45, 2.75) is 59.6 Å². The van der Waals surface area contributed by atoms with Gasteiger partial charge in [0.2, 0.25) is 0 Å². The van der Waals surface area contributed by atoms with Crippen molar-refractivity contribution in [2.24, 2.45) is 5.41 Å². The Hall–Kier alpha value is -0.990. The van der Waals surface area contributed by atoms with Crippen LogP contribution in [0.2, 0.25) is 0 Å². The molecule has 0 radical (unpaired) electrons. The molecule has 0 aliphatic carbocycles. The highest BCUT2D eigenvalue weighted by Gasteiger charge is 2.34. The maximum Gasteiger partial charge on any atom is 0.410 e. The maximum atomic E-state index is 12.1. The summed E-state index contributed by atoms with van der Waals surface area (Å²) in [6, 6.07) is 0.117. The summed E-state index contributed by atoms with van der Waals surface area (Å²) in [5.74, 6) is 0. The minimum atomic E-state index is -0.430. The molecule has 1 unspecified atom stereocenters. The predicted octanol–water partition coefficient (Wildman–Crippen LogP) is 3.60. The van der Waals surface area contributed by atoms with Crippen molar-refractivity contribution in [3.8, 4) is 0 Å². The van der Waals surface area contributed by atoms with Crippen molar-refractivity contribution in [1.29, 1.82) is 0 Å². The number of hydrogen-bond donors (Lipinski definition) is 0. The lowest BCUT2D eigenvalue weighted by Gasteiger charge is -2.40. The Morgan fingerprint density at radius 2 is 1.82 bits per heavy atom. The van der Waals surface area contributed by atoms with Crippen LogP contribution in [0, 0.1) is 5.41 Å². The van der Waals surface area contributed by atoms with Gasteiger partial charge in [0.15, 0.2) is 0 Å². The van der Waals surface area contributed by atoms with Gasteiger partial charge in [-0.3, -0.25) is 0 Å². The highest BCUT2D eigenvalue weighted by molar-refractivity contribution is 5.69. The van der Waals surface area contributed by atoms with Gasteiger partial charge in [0.1, 0.15) is 5.60 Å². The quantitative estimate of drug-likeness (QED) is 0.604. The molecule has 1 aliphatic heterocycles. The van der Waals surface area contributed by atoms with Crippen molar-refractivity contribution >= 4 is 6.09 Å². The lowest BCUT2D eigenvalue weighted by Crippen LogP contribution is -2.49. The fraction of sp³-hybridized carbons (Fsp3) is 0.786. The van der Waals surface area contributed by atoms with E-state index >= 15 is 0 Å². The van der Waals surface area contributed by atoms with E-state index in [0.717, 1.165) is 13.0 Å². The normalized spacial score (nSPS) is 21.5. The SMILES string of the molecule is CC(C)(C)OC(=O)N1CCC=CC1C(C)(C)C. The number of rotatable bonds is 0. The molecule has 1 atom stereocenters. The summed E-state index contributed by atoms with van der Waals surface area (Å²) >= 11 is 0. The van der Waals surface area contributed by atoms with Crippen LogP contribution in [-0.4, -0.2) is 29.2 Å². The van der Waals surface area contributed by atoms with Gasteiger partial charge in [0, 0.05) is 6.54 Å².